The summed E-state index contributed by atoms with van der Waals surface area (Å²) in [6.07, 6.45) is 2.47. The van der Waals surface area contributed by atoms with E-state index in [-0.39, 0.29) is 24.2 Å². The van der Waals surface area contributed by atoms with Crippen LogP contribution in [0.25, 0.3) is 0 Å². The highest BCUT2D eigenvalue weighted by atomic mass is 32.2. The lowest BCUT2D eigenvalue weighted by atomic mass is 10.3. The third-order valence-electron chi connectivity index (χ3n) is 1.99. The van der Waals surface area contributed by atoms with Gasteiger partial charge in [-0.1, -0.05) is 6.92 Å². The lowest BCUT2D eigenvalue weighted by Crippen LogP contribution is -2.41. The third-order valence-corrected chi connectivity index (χ3v) is 3.38. The van der Waals surface area contributed by atoms with E-state index in [4.69, 9.17) is 0 Å². The Kier molecular flexibility index (Phi) is 4.28. The SMILES string of the molecule is CCCNCC(=O)NC1C=CS(=O)(=O)C1. The van der Waals surface area contributed by atoms with Crippen LogP contribution in [0.4, 0.5) is 0 Å². The molecule has 1 atom stereocenters. The molecule has 0 aliphatic carbocycles. The molecule has 86 valence electrons. The van der Waals surface area contributed by atoms with Gasteiger partial charge in [0.15, 0.2) is 9.84 Å². The van der Waals surface area contributed by atoms with Crippen molar-refractivity contribution in [3.63, 3.8) is 0 Å². The highest BCUT2D eigenvalue weighted by Crippen LogP contribution is 2.07. The minimum Gasteiger partial charge on any atom is -0.348 e. The normalized spacial score (nSPS) is 22.9. The predicted molar refractivity (Wildman–Crippen MR) is 58.0 cm³/mol. The number of rotatable bonds is 5. The van der Waals surface area contributed by atoms with Crippen LogP contribution in [0.3, 0.4) is 0 Å². The van der Waals surface area contributed by atoms with Gasteiger partial charge in [0.1, 0.15) is 0 Å². The maximum absolute atomic E-state index is 11.3. The molecule has 0 saturated carbocycles. The maximum Gasteiger partial charge on any atom is 0.234 e. The van der Waals surface area contributed by atoms with Gasteiger partial charge in [-0.2, -0.15) is 0 Å². The molecule has 1 heterocycles. The summed E-state index contributed by atoms with van der Waals surface area (Å²) in [7, 11) is -3.08. The lowest BCUT2D eigenvalue weighted by Gasteiger charge is -2.10. The number of hydrogen-bond donors (Lipinski definition) is 2. The van der Waals surface area contributed by atoms with Crippen molar-refractivity contribution in [3.05, 3.63) is 11.5 Å². The summed E-state index contributed by atoms with van der Waals surface area (Å²) in [4.78, 5) is 11.3. The van der Waals surface area contributed by atoms with Gasteiger partial charge in [0.25, 0.3) is 0 Å². The van der Waals surface area contributed by atoms with Crippen molar-refractivity contribution < 1.29 is 13.2 Å². The monoisotopic (exact) mass is 232 g/mol. The van der Waals surface area contributed by atoms with E-state index in [0.29, 0.717) is 0 Å². The molecule has 1 aliphatic rings. The van der Waals surface area contributed by atoms with Gasteiger partial charge in [0.05, 0.1) is 18.3 Å². The van der Waals surface area contributed by atoms with Gasteiger partial charge in [-0.25, -0.2) is 8.42 Å². The summed E-state index contributed by atoms with van der Waals surface area (Å²) in [5.74, 6) is -0.192. The Hall–Kier alpha value is -0.880. The van der Waals surface area contributed by atoms with E-state index in [1.807, 2.05) is 6.92 Å². The average Bonchev–Trinajstić information content (AvgIpc) is 2.46. The van der Waals surface area contributed by atoms with Crippen LogP contribution in [0.2, 0.25) is 0 Å². The molecule has 0 radical (unpaired) electrons. The summed E-state index contributed by atoms with van der Waals surface area (Å²) in [5.41, 5.74) is 0. The number of hydrogen-bond acceptors (Lipinski definition) is 4. The van der Waals surface area contributed by atoms with Gasteiger partial charge in [-0.05, 0) is 19.0 Å². The van der Waals surface area contributed by atoms with Crippen LogP contribution < -0.4 is 10.6 Å². The Bertz CT molecular complexity index is 348. The molecule has 15 heavy (non-hydrogen) atoms. The lowest BCUT2D eigenvalue weighted by molar-refractivity contribution is -0.120. The fourth-order valence-electron chi connectivity index (χ4n) is 1.30. The predicted octanol–water partition coefficient (Wildman–Crippen LogP) is -0.587. The van der Waals surface area contributed by atoms with E-state index in [9.17, 15) is 13.2 Å². The second-order valence-corrected chi connectivity index (χ2v) is 5.44. The number of sulfone groups is 1. The molecule has 1 amide bonds. The zero-order valence-corrected chi connectivity index (χ0v) is 9.51. The molecule has 0 bridgehead atoms. The zero-order valence-electron chi connectivity index (χ0n) is 8.69. The first-order chi connectivity index (χ1) is 7.03. The van der Waals surface area contributed by atoms with Crippen molar-refractivity contribution in [2.45, 2.75) is 19.4 Å². The van der Waals surface area contributed by atoms with Crippen LogP contribution in [-0.4, -0.2) is 39.2 Å². The van der Waals surface area contributed by atoms with E-state index in [2.05, 4.69) is 10.6 Å². The van der Waals surface area contributed by atoms with Crippen LogP contribution >= 0.6 is 0 Å². The Morgan fingerprint density at radius 3 is 2.80 bits per heavy atom. The molecule has 0 fully saturated rings. The minimum atomic E-state index is -3.08. The molecule has 0 aromatic carbocycles. The first-order valence-corrected chi connectivity index (χ1v) is 6.66. The second-order valence-electron chi connectivity index (χ2n) is 3.51. The van der Waals surface area contributed by atoms with Crippen LogP contribution in [0.15, 0.2) is 11.5 Å². The topological polar surface area (TPSA) is 75.3 Å². The van der Waals surface area contributed by atoms with Gasteiger partial charge >= 0.3 is 0 Å². The van der Waals surface area contributed by atoms with Gasteiger partial charge in [0.2, 0.25) is 5.91 Å². The molecule has 0 spiro atoms. The standard InChI is InChI=1S/C9H16N2O3S/c1-2-4-10-6-9(12)11-8-3-5-15(13,14)7-8/h3,5,8,10H,2,4,6-7H2,1H3,(H,11,12). The first kappa shape index (κ1) is 12.2. The summed E-state index contributed by atoms with van der Waals surface area (Å²) >= 11 is 0. The van der Waals surface area contributed by atoms with E-state index in [1.165, 1.54) is 6.08 Å². The minimum absolute atomic E-state index is 0.0213. The van der Waals surface area contributed by atoms with E-state index >= 15 is 0 Å². The molecule has 5 nitrogen and oxygen atoms in total. The number of carbonyl (C=O) groups is 1. The molecule has 6 heteroatoms. The van der Waals surface area contributed by atoms with Gasteiger partial charge in [0, 0.05) is 5.41 Å². The molecular weight excluding hydrogens is 216 g/mol. The maximum atomic E-state index is 11.3. The smallest absolute Gasteiger partial charge is 0.234 e. The highest BCUT2D eigenvalue weighted by Gasteiger charge is 2.22. The molecule has 0 aromatic rings. The highest BCUT2D eigenvalue weighted by molar-refractivity contribution is 7.94. The van der Waals surface area contributed by atoms with Crippen molar-refractivity contribution in [3.8, 4) is 0 Å². The van der Waals surface area contributed by atoms with Crippen molar-refractivity contribution in [1.29, 1.82) is 0 Å². The Morgan fingerprint density at radius 1 is 1.53 bits per heavy atom. The Labute approximate surface area is 89.8 Å². The molecule has 1 unspecified atom stereocenters. The zero-order chi connectivity index (χ0) is 11.3. The fourth-order valence-corrected chi connectivity index (χ4v) is 2.54. The third kappa shape index (κ3) is 4.44. The van der Waals surface area contributed by atoms with Gasteiger partial charge in [-0.15, -0.1) is 0 Å². The largest absolute Gasteiger partial charge is 0.348 e. The van der Waals surface area contributed by atoms with Crippen LogP contribution in [0, 0.1) is 0 Å². The van der Waals surface area contributed by atoms with Gasteiger partial charge in [-0.3, -0.25) is 4.79 Å². The molecule has 0 aromatic heterocycles. The average molecular weight is 232 g/mol. The summed E-state index contributed by atoms with van der Waals surface area (Å²) in [6.45, 7) is 3.03. The van der Waals surface area contributed by atoms with Crippen LogP contribution in [0.1, 0.15) is 13.3 Å². The quantitative estimate of drug-likeness (QED) is 0.621. The number of amides is 1. The first-order valence-electron chi connectivity index (χ1n) is 4.94. The van der Waals surface area contributed by atoms with Crippen LogP contribution in [-0.2, 0) is 14.6 Å². The molecule has 1 rings (SSSR count). The second kappa shape index (κ2) is 5.27. The fraction of sp³-hybridized carbons (Fsp3) is 0.667. The number of nitrogens with one attached hydrogen (secondary N) is 2. The number of carbonyl (C=O) groups excluding carboxylic acids is 1. The summed E-state index contributed by atoms with van der Waals surface area (Å²) in [5, 5.41) is 6.72. The van der Waals surface area contributed by atoms with E-state index < -0.39 is 9.84 Å². The molecule has 1 aliphatic heterocycles. The molecule has 0 saturated heterocycles. The Balaban J connectivity index is 2.26. The van der Waals surface area contributed by atoms with Crippen molar-refractivity contribution in [2.75, 3.05) is 18.8 Å². The molecule has 2 N–H and O–H groups in total. The van der Waals surface area contributed by atoms with Crippen molar-refractivity contribution >= 4 is 15.7 Å². The van der Waals surface area contributed by atoms with E-state index in [1.54, 1.807) is 0 Å². The van der Waals surface area contributed by atoms with E-state index in [0.717, 1.165) is 18.4 Å². The Morgan fingerprint density at radius 2 is 2.27 bits per heavy atom. The van der Waals surface area contributed by atoms with Crippen LogP contribution in [0.5, 0.6) is 0 Å². The summed E-state index contributed by atoms with van der Waals surface area (Å²) < 4.78 is 22.1. The molecular formula is C9H16N2O3S. The summed E-state index contributed by atoms with van der Waals surface area (Å²) in [6, 6.07) is -0.370. The van der Waals surface area contributed by atoms with Gasteiger partial charge < -0.3 is 10.6 Å². The van der Waals surface area contributed by atoms with Crippen molar-refractivity contribution in [1.82, 2.24) is 10.6 Å². The van der Waals surface area contributed by atoms with Crippen molar-refractivity contribution in [2.24, 2.45) is 0 Å².